The Balaban J connectivity index is 1.66. The summed E-state index contributed by atoms with van der Waals surface area (Å²) in [5, 5.41) is 4.07. The maximum absolute atomic E-state index is 12.5. The molecule has 1 aliphatic heterocycles. The zero-order valence-corrected chi connectivity index (χ0v) is 14.0. The van der Waals surface area contributed by atoms with E-state index in [1.165, 1.54) is 10.5 Å². The average Bonchev–Trinajstić information content (AvgIpc) is 2.64. The lowest BCUT2D eigenvalue weighted by Crippen LogP contribution is -2.35. The highest BCUT2D eigenvalue weighted by Crippen LogP contribution is 2.20. The van der Waals surface area contributed by atoms with E-state index >= 15 is 0 Å². The van der Waals surface area contributed by atoms with Crippen LogP contribution >= 0.6 is 0 Å². The van der Waals surface area contributed by atoms with Crippen molar-refractivity contribution in [2.45, 2.75) is 24.2 Å². The molecule has 1 N–H and O–H groups in total. The van der Waals surface area contributed by atoms with Crippen LogP contribution in [0.1, 0.15) is 24.8 Å². The summed E-state index contributed by atoms with van der Waals surface area (Å²) in [5.74, 6) is 0.484. The van der Waals surface area contributed by atoms with Crippen molar-refractivity contribution in [3.63, 3.8) is 0 Å². The second-order valence-corrected chi connectivity index (χ2v) is 7.43. The molecular weight excluding hydrogens is 326 g/mol. The number of aromatic nitrogens is 2. The molecule has 126 valence electrons. The third-order valence-corrected chi connectivity index (χ3v) is 5.67. The van der Waals surface area contributed by atoms with Crippen molar-refractivity contribution in [1.29, 1.82) is 0 Å². The molecule has 0 radical (unpaired) electrons. The van der Waals surface area contributed by atoms with Crippen molar-refractivity contribution >= 4 is 22.1 Å². The highest BCUT2D eigenvalue weighted by atomic mass is 32.2. The summed E-state index contributed by atoms with van der Waals surface area (Å²) in [6.45, 7) is 1.16. The van der Waals surface area contributed by atoms with Gasteiger partial charge in [0, 0.05) is 31.7 Å². The van der Waals surface area contributed by atoms with Crippen LogP contribution in [-0.4, -0.2) is 42.0 Å². The number of hydrazone groups is 1. The molecule has 0 aliphatic carbocycles. The van der Waals surface area contributed by atoms with Gasteiger partial charge >= 0.3 is 0 Å². The summed E-state index contributed by atoms with van der Waals surface area (Å²) in [7, 11) is -3.44. The molecule has 0 bridgehead atoms. The topological polar surface area (TPSA) is 87.5 Å². The summed E-state index contributed by atoms with van der Waals surface area (Å²) in [5.41, 5.74) is 3.69. The van der Waals surface area contributed by atoms with Crippen LogP contribution in [0, 0.1) is 0 Å². The summed E-state index contributed by atoms with van der Waals surface area (Å²) in [6.07, 6.45) is 9.28. The second-order valence-electron chi connectivity index (χ2n) is 5.49. The molecule has 24 heavy (non-hydrogen) atoms. The quantitative estimate of drug-likeness (QED) is 0.662. The van der Waals surface area contributed by atoms with Gasteiger partial charge in [0.15, 0.2) is 0 Å². The van der Waals surface area contributed by atoms with E-state index in [4.69, 9.17) is 0 Å². The fourth-order valence-electron chi connectivity index (χ4n) is 2.48. The first-order valence-corrected chi connectivity index (χ1v) is 9.25. The Morgan fingerprint density at radius 3 is 2.50 bits per heavy atom. The van der Waals surface area contributed by atoms with Crippen LogP contribution in [0.5, 0.6) is 0 Å². The minimum absolute atomic E-state index is 0.216. The van der Waals surface area contributed by atoms with E-state index in [9.17, 15) is 8.42 Å². The molecule has 2 aromatic rings. The first-order chi connectivity index (χ1) is 11.7. The van der Waals surface area contributed by atoms with E-state index in [0.29, 0.717) is 18.9 Å². The maximum Gasteiger partial charge on any atom is 0.244 e. The number of rotatable bonds is 5. The van der Waals surface area contributed by atoms with Crippen molar-refractivity contribution in [2.24, 2.45) is 5.10 Å². The van der Waals surface area contributed by atoms with Gasteiger partial charge in [-0.05, 0) is 42.7 Å². The van der Waals surface area contributed by atoms with Crippen LogP contribution in [0.4, 0.5) is 5.82 Å². The molecule has 0 saturated carbocycles. The number of pyridine rings is 2. The fourth-order valence-corrected chi connectivity index (χ4v) is 3.94. The highest BCUT2D eigenvalue weighted by molar-refractivity contribution is 7.89. The fraction of sp³-hybridized carbons (Fsp3) is 0.312. The number of sulfonamides is 1. The lowest BCUT2D eigenvalue weighted by atomic mass is 10.2. The first kappa shape index (κ1) is 16.5. The largest absolute Gasteiger partial charge is 0.265 e. The monoisotopic (exact) mass is 345 g/mol. The molecule has 0 amide bonds. The molecule has 1 aliphatic rings. The first-order valence-electron chi connectivity index (χ1n) is 7.81. The predicted molar refractivity (Wildman–Crippen MR) is 92.3 cm³/mol. The van der Waals surface area contributed by atoms with Gasteiger partial charge in [-0.15, -0.1) is 0 Å². The molecule has 2 aromatic heterocycles. The van der Waals surface area contributed by atoms with Gasteiger partial charge in [0.1, 0.15) is 10.7 Å². The molecule has 7 nitrogen and oxygen atoms in total. The van der Waals surface area contributed by atoms with Gasteiger partial charge in [-0.25, -0.2) is 13.4 Å². The Bertz CT molecular complexity index is 785. The molecular formula is C16H19N5O2S. The number of anilines is 1. The summed E-state index contributed by atoms with van der Waals surface area (Å²) >= 11 is 0. The second kappa shape index (κ2) is 7.50. The van der Waals surface area contributed by atoms with Gasteiger partial charge in [0.05, 0.1) is 6.21 Å². The molecule has 0 aromatic carbocycles. The summed E-state index contributed by atoms with van der Waals surface area (Å²) < 4.78 is 26.6. The van der Waals surface area contributed by atoms with Crippen molar-refractivity contribution in [3.05, 3.63) is 48.4 Å². The van der Waals surface area contributed by atoms with Crippen molar-refractivity contribution in [2.75, 3.05) is 18.5 Å². The highest BCUT2D eigenvalue weighted by Gasteiger charge is 2.25. The van der Waals surface area contributed by atoms with E-state index < -0.39 is 10.0 Å². The minimum atomic E-state index is -3.44. The Kier molecular flexibility index (Phi) is 5.17. The smallest absolute Gasteiger partial charge is 0.244 e. The Morgan fingerprint density at radius 2 is 1.83 bits per heavy atom. The van der Waals surface area contributed by atoms with E-state index in [1.54, 1.807) is 30.7 Å². The Labute approximate surface area is 141 Å². The summed E-state index contributed by atoms with van der Waals surface area (Å²) in [6, 6.07) is 6.82. The van der Waals surface area contributed by atoms with Crippen LogP contribution in [0.25, 0.3) is 0 Å². The van der Waals surface area contributed by atoms with Crippen LogP contribution in [0.2, 0.25) is 0 Å². The van der Waals surface area contributed by atoms with E-state index in [-0.39, 0.29) is 4.90 Å². The number of nitrogens with one attached hydrogen (secondary N) is 1. The zero-order valence-electron chi connectivity index (χ0n) is 13.2. The zero-order chi connectivity index (χ0) is 16.8. The van der Waals surface area contributed by atoms with Gasteiger partial charge < -0.3 is 0 Å². The van der Waals surface area contributed by atoms with Crippen LogP contribution in [0.15, 0.2) is 52.9 Å². The normalized spacial score (nSPS) is 16.3. The molecule has 3 rings (SSSR count). The Hall–Kier alpha value is -2.32. The van der Waals surface area contributed by atoms with Crippen LogP contribution in [-0.2, 0) is 10.0 Å². The molecule has 0 spiro atoms. The van der Waals surface area contributed by atoms with E-state index in [1.807, 2.05) is 12.1 Å². The van der Waals surface area contributed by atoms with Gasteiger partial charge in [0.2, 0.25) is 10.0 Å². The van der Waals surface area contributed by atoms with Gasteiger partial charge in [-0.3, -0.25) is 10.4 Å². The van der Waals surface area contributed by atoms with Gasteiger partial charge in [-0.2, -0.15) is 9.41 Å². The molecule has 3 heterocycles. The van der Waals surface area contributed by atoms with Crippen LogP contribution in [0.3, 0.4) is 0 Å². The molecule has 1 saturated heterocycles. The number of hydrogen-bond acceptors (Lipinski definition) is 6. The third-order valence-electron chi connectivity index (χ3n) is 3.79. The average molecular weight is 345 g/mol. The number of piperidine rings is 1. The van der Waals surface area contributed by atoms with Gasteiger partial charge in [-0.1, -0.05) is 6.42 Å². The maximum atomic E-state index is 12.5. The van der Waals surface area contributed by atoms with Gasteiger partial charge in [0.25, 0.3) is 0 Å². The summed E-state index contributed by atoms with van der Waals surface area (Å²) in [4.78, 5) is 8.27. The lowest BCUT2D eigenvalue weighted by molar-refractivity contribution is 0.346. The number of hydrogen-bond donors (Lipinski definition) is 1. The third kappa shape index (κ3) is 3.95. The minimum Gasteiger partial charge on any atom is -0.265 e. The standard InChI is InChI=1S/C16H19N5O2S/c22-24(23,21-10-2-1-3-11-21)15-4-5-16(18-13-15)20-19-12-14-6-8-17-9-7-14/h4-9,12-13H,1-3,10-11H2,(H,18,20)/b19-12+. The molecule has 0 atom stereocenters. The molecule has 0 unspecified atom stereocenters. The van der Waals surface area contributed by atoms with E-state index in [0.717, 1.165) is 24.8 Å². The van der Waals surface area contributed by atoms with Crippen molar-refractivity contribution in [1.82, 2.24) is 14.3 Å². The molecule has 1 fully saturated rings. The lowest BCUT2D eigenvalue weighted by Gasteiger charge is -2.25. The predicted octanol–water partition coefficient (Wildman–Crippen LogP) is 2.10. The van der Waals surface area contributed by atoms with Crippen LogP contribution < -0.4 is 5.43 Å². The van der Waals surface area contributed by atoms with Crippen molar-refractivity contribution < 1.29 is 8.42 Å². The van der Waals surface area contributed by atoms with E-state index in [2.05, 4.69) is 20.5 Å². The molecule has 8 heteroatoms. The Morgan fingerprint density at radius 1 is 1.08 bits per heavy atom. The van der Waals surface area contributed by atoms with Crippen molar-refractivity contribution in [3.8, 4) is 0 Å². The number of nitrogens with zero attached hydrogens (tertiary/aromatic N) is 4. The SMILES string of the molecule is O=S(=O)(c1ccc(N/N=C/c2ccncc2)nc1)N1CCCCC1.